The van der Waals surface area contributed by atoms with Crippen LogP contribution in [0, 0.1) is 17.0 Å². The lowest BCUT2D eigenvalue weighted by atomic mass is 9.80. The zero-order valence-corrected chi connectivity index (χ0v) is 9.77. The van der Waals surface area contributed by atoms with Crippen molar-refractivity contribution in [3.05, 3.63) is 33.9 Å². The molecule has 0 aromatic heterocycles. The van der Waals surface area contributed by atoms with E-state index in [-0.39, 0.29) is 5.69 Å². The summed E-state index contributed by atoms with van der Waals surface area (Å²) in [7, 11) is 0. The van der Waals surface area contributed by atoms with Gasteiger partial charge in [-0.3, -0.25) is 10.1 Å². The van der Waals surface area contributed by atoms with Gasteiger partial charge in [-0.05, 0) is 31.7 Å². The normalized spacial score (nSPS) is 17.3. The molecular weight excluding hydrogens is 220 g/mol. The third kappa shape index (κ3) is 2.39. The van der Waals surface area contributed by atoms with Crippen molar-refractivity contribution in [2.24, 2.45) is 0 Å². The van der Waals surface area contributed by atoms with Crippen LogP contribution < -0.4 is 5.32 Å². The maximum atomic E-state index is 10.9. The standard InChI is InChI=1S/C12H16N2O3/c1-9-4-2-5-10(14(16)17)11(9)13-8-12(15)6-3-7-12/h2,4-5,13,15H,3,6-8H2,1H3. The first kappa shape index (κ1) is 11.9. The Hall–Kier alpha value is -1.62. The Morgan fingerprint density at radius 2 is 2.24 bits per heavy atom. The molecule has 0 atom stereocenters. The maximum absolute atomic E-state index is 10.9. The lowest BCUT2D eigenvalue weighted by Gasteiger charge is -2.36. The topological polar surface area (TPSA) is 75.4 Å². The third-order valence-corrected chi connectivity index (χ3v) is 3.33. The molecule has 17 heavy (non-hydrogen) atoms. The van der Waals surface area contributed by atoms with Crippen molar-refractivity contribution in [1.82, 2.24) is 0 Å². The van der Waals surface area contributed by atoms with Gasteiger partial charge in [-0.25, -0.2) is 0 Å². The van der Waals surface area contributed by atoms with Crippen molar-refractivity contribution >= 4 is 11.4 Å². The number of nitro groups is 1. The predicted molar refractivity (Wildman–Crippen MR) is 65.1 cm³/mol. The molecular formula is C12H16N2O3. The van der Waals surface area contributed by atoms with E-state index in [1.165, 1.54) is 6.07 Å². The quantitative estimate of drug-likeness (QED) is 0.621. The van der Waals surface area contributed by atoms with Crippen LogP contribution in [-0.2, 0) is 0 Å². The molecule has 0 heterocycles. The van der Waals surface area contributed by atoms with Crippen LogP contribution >= 0.6 is 0 Å². The monoisotopic (exact) mass is 236 g/mol. The minimum absolute atomic E-state index is 0.0629. The van der Waals surface area contributed by atoms with Gasteiger partial charge in [-0.2, -0.15) is 0 Å². The summed E-state index contributed by atoms with van der Waals surface area (Å²) >= 11 is 0. The fourth-order valence-corrected chi connectivity index (χ4v) is 2.05. The molecule has 0 bridgehead atoms. The Bertz CT molecular complexity index is 441. The Kier molecular flexibility index (Phi) is 3.02. The van der Waals surface area contributed by atoms with Gasteiger partial charge in [0.15, 0.2) is 0 Å². The predicted octanol–water partition coefficient (Wildman–Crippen LogP) is 2.23. The van der Waals surface area contributed by atoms with Crippen molar-refractivity contribution in [2.45, 2.75) is 31.8 Å². The molecule has 1 fully saturated rings. The molecule has 1 aliphatic rings. The van der Waals surface area contributed by atoms with Crippen LogP contribution in [0.3, 0.4) is 0 Å². The number of para-hydroxylation sites is 1. The van der Waals surface area contributed by atoms with Crippen LogP contribution in [0.2, 0.25) is 0 Å². The molecule has 2 N–H and O–H groups in total. The van der Waals surface area contributed by atoms with E-state index in [0.717, 1.165) is 24.8 Å². The van der Waals surface area contributed by atoms with E-state index in [2.05, 4.69) is 5.32 Å². The van der Waals surface area contributed by atoms with Gasteiger partial charge in [0.05, 0.1) is 10.5 Å². The summed E-state index contributed by atoms with van der Waals surface area (Å²) < 4.78 is 0. The summed E-state index contributed by atoms with van der Waals surface area (Å²) in [5.74, 6) is 0. The highest BCUT2D eigenvalue weighted by Gasteiger charge is 2.34. The summed E-state index contributed by atoms with van der Waals surface area (Å²) in [6, 6.07) is 4.96. The van der Waals surface area contributed by atoms with E-state index in [1.807, 2.05) is 13.0 Å². The Labute approximate surface area is 99.6 Å². The number of hydrogen-bond donors (Lipinski definition) is 2. The molecule has 1 aliphatic carbocycles. The first-order chi connectivity index (χ1) is 8.02. The molecule has 0 unspecified atom stereocenters. The number of hydrogen-bond acceptors (Lipinski definition) is 4. The second kappa shape index (κ2) is 4.33. The zero-order chi connectivity index (χ0) is 12.5. The smallest absolute Gasteiger partial charge is 0.292 e. The minimum atomic E-state index is -0.684. The van der Waals surface area contributed by atoms with Gasteiger partial charge in [0.2, 0.25) is 0 Å². The summed E-state index contributed by atoms with van der Waals surface area (Å²) in [5.41, 5.74) is 0.712. The molecule has 0 spiro atoms. The van der Waals surface area contributed by atoms with Crippen LogP contribution in [0.1, 0.15) is 24.8 Å². The van der Waals surface area contributed by atoms with Gasteiger partial charge in [-0.1, -0.05) is 12.1 Å². The van der Waals surface area contributed by atoms with E-state index in [9.17, 15) is 15.2 Å². The third-order valence-electron chi connectivity index (χ3n) is 3.33. The van der Waals surface area contributed by atoms with E-state index in [4.69, 9.17) is 0 Å². The Morgan fingerprint density at radius 1 is 1.53 bits per heavy atom. The molecule has 5 heteroatoms. The van der Waals surface area contributed by atoms with Gasteiger partial charge in [-0.15, -0.1) is 0 Å². The number of benzene rings is 1. The second-order valence-corrected chi connectivity index (χ2v) is 4.66. The molecule has 0 radical (unpaired) electrons. The fraction of sp³-hybridized carbons (Fsp3) is 0.500. The van der Waals surface area contributed by atoms with E-state index < -0.39 is 10.5 Å². The lowest BCUT2D eigenvalue weighted by Crippen LogP contribution is -2.43. The van der Waals surface area contributed by atoms with Crippen molar-refractivity contribution in [3.63, 3.8) is 0 Å². The van der Waals surface area contributed by atoms with Gasteiger partial charge >= 0.3 is 0 Å². The first-order valence-corrected chi connectivity index (χ1v) is 5.72. The van der Waals surface area contributed by atoms with Crippen LogP contribution in [0.25, 0.3) is 0 Å². The number of nitrogens with one attached hydrogen (secondary N) is 1. The molecule has 92 valence electrons. The van der Waals surface area contributed by atoms with Crippen molar-refractivity contribution in [2.75, 3.05) is 11.9 Å². The van der Waals surface area contributed by atoms with Crippen molar-refractivity contribution in [3.8, 4) is 0 Å². The van der Waals surface area contributed by atoms with Crippen LogP contribution in [-0.4, -0.2) is 22.2 Å². The molecule has 1 saturated carbocycles. The molecule has 0 amide bonds. The van der Waals surface area contributed by atoms with Crippen molar-refractivity contribution in [1.29, 1.82) is 0 Å². The molecule has 0 aliphatic heterocycles. The highest BCUT2D eigenvalue weighted by molar-refractivity contribution is 5.66. The number of anilines is 1. The fourth-order valence-electron chi connectivity index (χ4n) is 2.05. The SMILES string of the molecule is Cc1cccc([N+](=O)[O-])c1NCC1(O)CCC1. The molecule has 5 nitrogen and oxygen atoms in total. The number of aryl methyl sites for hydroxylation is 1. The Balaban J connectivity index is 2.16. The van der Waals surface area contributed by atoms with Gasteiger partial charge in [0.1, 0.15) is 5.69 Å². The van der Waals surface area contributed by atoms with Crippen LogP contribution in [0.4, 0.5) is 11.4 Å². The number of rotatable bonds is 4. The zero-order valence-electron chi connectivity index (χ0n) is 9.77. The van der Waals surface area contributed by atoms with E-state index >= 15 is 0 Å². The van der Waals surface area contributed by atoms with Crippen LogP contribution in [0.15, 0.2) is 18.2 Å². The second-order valence-electron chi connectivity index (χ2n) is 4.66. The summed E-state index contributed by atoms with van der Waals surface area (Å²) in [6.07, 6.45) is 2.55. The minimum Gasteiger partial charge on any atom is -0.388 e. The summed E-state index contributed by atoms with van der Waals surface area (Å²) in [5, 5.41) is 23.9. The Morgan fingerprint density at radius 3 is 2.76 bits per heavy atom. The lowest BCUT2D eigenvalue weighted by molar-refractivity contribution is -0.384. The van der Waals surface area contributed by atoms with Crippen molar-refractivity contribution < 1.29 is 10.0 Å². The summed E-state index contributed by atoms with van der Waals surface area (Å²) in [4.78, 5) is 10.5. The van der Waals surface area contributed by atoms with Gasteiger partial charge < -0.3 is 10.4 Å². The maximum Gasteiger partial charge on any atom is 0.292 e. The molecule has 1 aromatic rings. The van der Waals surface area contributed by atoms with Gasteiger partial charge in [0, 0.05) is 12.6 Å². The first-order valence-electron chi connectivity index (χ1n) is 5.72. The van der Waals surface area contributed by atoms with E-state index in [0.29, 0.717) is 12.2 Å². The largest absolute Gasteiger partial charge is 0.388 e. The number of nitrogens with zero attached hydrogens (tertiary/aromatic N) is 1. The average molecular weight is 236 g/mol. The highest BCUT2D eigenvalue weighted by Crippen LogP contribution is 2.34. The molecule has 0 saturated heterocycles. The average Bonchev–Trinajstić information content (AvgIpc) is 2.24. The molecule has 2 rings (SSSR count). The van der Waals surface area contributed by atoms with Crippen LogP contribution in [0.5, 0.6) is 0 Å². The number of nitro benzene ring substituents is 1. The summed E-state index contributed by atoms with van der Waals surface area (Å²) in [6.45, 7) is 2.19. The molecule has 1 aromatic carbocycles. The van der Waals surface area contributed by atoms with Gasteiger partial charge in [0.25, 0.3) is 5.69 Å². The van der Waals surface area contributed by atoms with E-state index in [1.54, 1.807) is 6.07 Å². The highest BCUT2D eigenvalue weighted by atomic mass is 16.6. The number of aliphatic hydroxyl groups is 1.